The molecule has 0 unspecified atom stereocenters. The molecule has 0 aliphatic heterocycles. The zero-order valence-electron chi connectivity index (χ0n) is 12.6. The number of carboxylic acids is 1. The Bertz CT molecular complexity index is 722. The second-order valence-electron chi connectivity index (χ2n) is 4.90. The van der Waals surface area contributed by atoms with Crippen molar-refractivity contribution < 1.29 is 14.6 Å². The van der Waals surface area contributed by atoms with Gasteiger partial charge in [0, 0.05) is 6.08 Å². The molecule has 0 aromatic heterocycles. The molecule has 0 saturated heterocycles. The summed E-state index contributed by atoms with van der Waals surface area (Å²) in [7, 11) is 0. The van der Waals surface area contributed by atoms with Crippen LogP contribution in [0.25, 0.3) is 5.57 Å². The molecule has 120 valence electrons. The minimum absolute atomic E-state index is 0.378. The summed E-state index contributed by atoms with van der Waals surface area (Å²) >= 11 is 12.0. The van der Waals surface area contributed by atoms with Crippen molar-refractivity contribution in [2.24, 2.45) is 0 Å². The monoisotopic (exact) mass is 350 g/mol. The summed E-state index contributed by atoms with van der Waals surface area (Å²) in [5.41, 5.74) is 2.00. The molecular weight excluding hydrogens is 335 g/mol. The van der Waals surface area contributed by atoms with Crippen molar-refractivity contribution in [3.05, 3.63) is 69.7 Å². The minimum atomic E-state index is -1.03. The van der Waals surface area contributed by atoms with Crippen molar-refractivity contribution in [2.75, 3.05) is 6.61 Å². The Morgan fingerprint density at radius 1 is 1.09 bits per heavy atom. The summed E-state index contributed by atoms with van der Waals surface area (Å²) in [6.07, 6.45) is 2.08. The molecule has 0 saturated carbocycles. The second kappa shape index (κ2) is 8.04. The van der Waals surface area contributed by atoms with Crippen molar-refractivity contribution >= 4 is 34.7 Å². The van der Waals surface area contributed by atoms with Crippen LogP contribution in [0.1, 0.15) is 24.5 Å². The average Bonchev–Trinajstić information content (AvgIpc) is 2.54. The first-order valence-electron chi connectivity index (χ1n) is 7.14. The number of rotatable bonds is 6. The van der Waals surface area contributed by atoms with Crippen LogP contribution in [0.4, 0.5) is 0 Å². The molecule has 0 fully saturated rings. The molecule has 0 aliphatic rings. The van der Waals surface area contributed by atoms with Crippen LogP contribution in [0.2, 0.25) is 10.0 Å². The third-order valence-electron chi connectivity index (χ3n) is 3.14. The fourth-order valence-corrected chi connectivity index (χ4v) is 2.37. The summed E-state index contributed by atoms with van der Waals surface area (Å²) in [5.74, 6) is -0.281. The molecule has 5 heteroatoms. The number of hydrogen-bond acceptors (Lipinski definition) is 2. The Morgan fingerprint density at radius 2 is 1.74 bits per heavy atom. The highest BCUT2D eigenvalue weighted by Crippen LogP contribution is 2.30. The van der Waals surface area contributed by atoms with E-state index in [1.54, 1.807) is 18.2 Å². The lowest BCUT2D eigenvalue weighted by Crippen LogP contribution is -1.97. The lowest BCUT2D eigenvalue weighted by Gasteiger charge is -2.10. The summed E-state index contributed by atoms with van der Waals surface area (Å²) in [6, 6.07) is 12.3. The van der Waals surface area contributed by atoms with Crippen molar-refractivity contribution in [3.8, 4) is 5.75 Å². The second-order valence-corrected chi connectivity index (χ2v) is 5.71. The summed E-state index contributed by atoms with van der Waals surface area (Å²) in [5, 5.41) is 9.94. The van der Waals surface area contributed by atoms with E-state index >= 15 is 0 Å². The van der Waals surface area contributed by atoms with E-state index in [0.29, 0.717) is 27.8 Å². The van der Waals surface area contributed by atoms with Gasteiger partial charge in [0.25, 0.3) is 0 Å². The van der Waals surface area contributed by atoms with E-state index in [9.17, 15) is 4.79 Å². The minimum Gasteiger partial charge on any atom is -0.494 e. The Labute approximate surface area is 145 Å². The highest BCUT2D eigenvalue weighted by molar-refractivity contribution is 6.42. The number of halogens is 2. The maximum Gasteiger partial charge on any atom is 0.328 e. The number of ether oxygens (including phenoxy) is 1. The summed E-state index contributed by atoms with van der Waals surface area (Å²) < 4.78 is 5.54. The van der Waals surface area contributed by atoms with Gasteiger partial charge in [-0.3, -0.25) is 0 Å². The molecule has 2 aromatic rings. The molecule has 0 heterocycles. The van der Waals surface area contributed by atoms with Crippen LogP contribution in [0.5, 0.6) is 5.75 Å². The molecule has 0 atom stereocenters. The van der Waals surface area contributed by atoms with Crippen molar-refractivity contribution in [1.82, 2.24) is 0 Å². The topological polar surface area (TPSA) is 46.5 Å². The molecule has 0 spiro atoms. The van der Waals surface area contributed by atoms with Gasteiger partial charge in [0.2, 0.25) is 0 Å². The van der Waals surface area contributed by atoms with E-state index < -0.39 is 5.97 Å². The van der Waals surface area contributed by atoms with Gasteiger partial charge in [-0.05, 0) is 47.4 Å². The fraction of sp³-hybridized carbons (Fsp3) is 0.167. The number of aliphatic carboxylic acids is 1. The highest BCUT2D eigenvalue weighted by atomic mass is 35.5. The standard InChI is InChI=1S/C18H16Cl2O3/c1-2-9-23-14-6-3-12(4-7-14)15(11-18(21)22)13-5-8-16(19)17(20)10-13/h3-8,10-11H,2,9H2,1H3,(H,21,22). The Morgan fingerprint density at radius 3 is 2.30 bits per heavy atom. The third kappa shape index (κ3) is 4.75. The van der Waals surface area contributed by atoms with Crippen LogP contribution in [-0.2, 0) is 4.79 Å². The Hall–Kier alpha value is -1.97. The van der Waals surface area contributed by atoms with Gasteiger partial charge >= 0.3 is 5.97 Å². The average molecular weight is 351 g/mol. The van der Waals surface area contributed by atoms with Crippen LogP contribution in [0.15, 0.2) is 48.5 Å². The Balaban J connectivity index is 2.39. The molecule has 1 N–H and O–H groups in total. The van der Waals surface area contributed by atoms with Gasteiger partial charge < -0.3 is 9.84 Å². The van der Waals surface area contributed by atoms with Crippen LogP contribution in [0.3, 0.4) is 0 Å². The smallest absolute Gasteiger partial charge is 0.328 e. The van der Waals surface area contributed by atoms with Crippen LogP contribution in [0, 0.1) is 0 Å². The molecule has 2 aromatic carbocycles. The van der Waals surface area contributed by atoms with Crippen LogP contribution < -0.4 is 4.74 Å². The van der Waals surface area contributed by atoms with Gasteiger partial charge in [0.1, 0.15) is 5.75 Å². The van der Waals surface area contributed by atoms with Gasteiger partial charge in [0.15, 0.2) is 0 Å². The van der Waals surface area contributed by atoms with Crippen molar-refractivity contribution in [3.63, 3.8) is 0 Å². The lowest BCUT2D eigenvalue weighted by molar-refractivity contribution is -0.131. The maximum absolute atomic E-state index is 11.2. The van der Waals surface area contributed by atoms with E-state index in [-0.39, 0.29) is 0 Å². The maximum atomic E-state index is 11.2. The van der Waals surface area contributed by atoms with Crippen molar-refractivity contribution in [1.29, 1.82) is 0 Å². The molecule has 0 bridgehead atoms. The summed E-state index contributed by atoms with van der Waals surface area (Å²) in [6.45, 7) is 2.68. The largest absolute Gasteiger partial charge is 0.494 e. The first-order chi connectivity index (χ1) is 11.0. The highest BCUT2D eigenvalue weighted by Gasteiger charge is 2.10. The van der Waals surface area contributed by atoms with Gasteiger partial charge in [-0.15, -0.1) is 0 Å². The van der Waals surface area contributed by atoms with E-state index in [1.807, 2.05) is 31.2 Å². The van der Waals surface area contributed by atoms with Gasteiger partial charge in [0.05, 0.1) is 16.7 Å². The quantitative estimate of drug-likeness (QED) is 0.719. The van der Waals surface area contributed by atoms with E-state index in [0.717, 1.165) is 23.8 Å². The number of carboxylic acid groups (broad SMARTS) is 1. The first kappa shape index (κ1) is 17.4. The Kier molecular flexibility index (Phi) is 6.08. The predicted octanol–water partition coefficient (Wildman–Crippen LogP) is 5.30. The van der Waals surface area contributed by atoms with Crippen LogP contribution >= 0.6 is 23.2 Å². The molecular formula is C18H16Cl2O3. The van der Waals surface area contributed by atoms with E-state index in [1.165, 1.54) is 0 Å². The molecule has 23 heavy (non-hydrogen) atoms. The number of benzene rings is 2. The van der Waals surface area contributed by atoms with Gasteiger partial charge in [-0.2, -0.15) is 0 Å². The van der Waals surface area contributed by atoms with Gasteiger partial charge in [-0.25, -0.2) is 4.79 Å². The first-order valence-corrected chi connectivity index (χ1v) is 7.90. The van der Waals surface area contributed by atoms with Gasteiger partial charge in [-0.1, -0.05) is 48.3 Å². The molecule has 0 amide bonds. The van der Waals surface area contributed by atoms with E-state index in [4.69, 9.17) is 33.0 Å². The normalized spacial score (nSPS) is 11.3. The molecule has 2 rings (SSSR count). The summed E-state index contributed by atoms with van der Waals surface area (Å²) in [4.78, 5) is 11.2. The van der Waals surface area contributed by atoms with Crippen molar-refractivity contribution in [2.45, 2.75) is 13.3 Å². The molecule has 3 nitrogen and oxygen atoms in total. The van der Waals surface area contributed by atoms with E-state index in [2.05, 4.69) is 0 Å². The predicted molar refractivity (Wildman–Crippen MR) is 93.4 cm³/mol. The SMILES string of the molecule is CCCOc1ccc(C(=CC(=O)O)c2ccc(Cl)c(Cl)c2)cc1. The molecule has 0 radical (unpaired) electrons. The lowest BCUT2D eigenvalue weighted by atomic mass is 9.97. The van der Waals surface area contributed by atoms with Crippen LogP contribution in [-0.4, -0.2) is 17.7 Å². The third-order valence-corrected chi connectivity index (χ3v) is 3.88. The number of carbonyl (C=O) groups is 1. The zero-order chi connectivity index (χ0) is 16.8. The molecule has 0 aliphatic carbocycles. The fourth-order valence-electron chi connectivity index (χ4n) is 2.07. The zero-order valence-corrected chi connectivity index (χ0v) is 14.1. The number of hydrogen-bond donors (Lipinski definition) is 1.